The standard InChI is InChI=1S/C45H26N4O/c1-2-14-29(15-3-1)43-46-44(36-26-30-16-6-9-19-33(30)42-40(36)34-20-10-11-21-38(34)50-42)48-45(47-43)49-37-25-23-27-12-4-7-17-31(27)39(37)35-24-22-28-13-5-8-18-32(28)41(35)49/h1-26H. The SMILES string of the molecule is c1ccc(-c2nc(-c3cc4ccccc4c4oc5ccccc5c34)nc(-n3c4ccc5ccccc5c4c4ccc5ccccc5c43)n2)cc1. The van der Waals surface area contributed by atoms with Crippen LogP contribution in [0.1, 0.15) is 0 Å². The summed E-state index contributed by atoms with van der Waals surface area (Å²) in [5.41, 5.74) is 5.60. The highest BCUT2D eigenvalue weighted by atomic mass is 16.3. The molecular weight excluding hydrogens is 613 g/mol. The van der Waals surface area contributed by atoms with Crippen molar-refractivity contribution < 1.29 is 4.42 Å². The van der Waals surface area contributed by atoms with E-state index in [0.717, 1.165) is 71.0 Å². The second kappa shape index (κ2) is 10.3. The Hall–Kier alpha value is -6.85. The molecule has 5 nitrogen and oxygen atoms in total. The molecule has 0 N–H and O–H groups in total. The lowest BCUT2D eigenvalue weighted by Crippen LogP contribution is -2.06. The molecule has 0 spiro atoms. The minimum absolute atomic E-state index is 0.564. The molecule has 0 aliphatic carbocycles. The van der Waals surface area contributed by atoms with E-state index in [1.165, 1.54) is 16.2 Å². The van der Waals surface area contributed by atoms with Gasteiger partial charge < -0.3 is 4.42 Å². The maximum Gasteiger partial charge on any atom is 0.238 e. The van der Waals surface area contributed by atoms with Crippen LogP contribution in [-0.4, -0.2) is 19.5 Å². The molecule has 5 heteroatoms. The van der Waals surface area contributed by atoms with Gasteiger partial charge in [0.25, 0.3) is 0 Å². The topological polar surface area (TPSA) is 56.7 Å². The molecule has 232 valence electrons. The Morgan fingerprint density at radius 1 is 0.440 bits per heavy atom. The Morgan fingerprint density at radius 3 is 1.92 bits per heavy atom. The Bertz CT molecular complexity index is 3160. The molecule has 0 fully saturated rings. The highest BCUT2D eigenvalue weighted by Crippen LogP contribution is 2.42. The average Bonchev–Trinajstić information content (AvgIpc) is 3.75. The summed E-state index contributed by atoms with van der Waals surface area (Å²) in [6, 6.07) is 54.9. The minimum Gasteiger partial charge on any atom is -0.455 e. The monoisotopic (exact) mass is 638 g/mol. The van der Waals surface area contributed by atoms with Gasteiger partial charge >= 0.3 is 0 Å². The summed E-state index contributed by atoms with van der Waals surface area (Å²) < 4.78 is 8.81. The van der Waals surface area contributed by atoms with Crippen LogP contribution in [0.2, 0.25) is 0 Å². The first-order valence-corrected chi connectivity index (χ1v) is 16.8. The molecule has 0 bridgehead atoms. The van der Waals surface area contributed by atoms with Gasteiger partial charge in [0.05, 0.1) is 11.0 Å². The van der Waals surface area contributed by atoms with Gasteiger partial charge in [-0.15, -0.1) is 0 Å². The predicted molar refractivity (Wildman–Crippen MR) is 205 cm³/mol. The Morgan fingerprint density at radius 2 is 1.08 bits per heavy atom. The first-order chi connectivity index (χ1) is 24.8. The van der Waals surface area contributed by atoms with Gasteiger partial charge in [0.2, 0.25) is 5.95 Å². The van der Waals surface area contributed by atoms with Gasteiger partial charge in [-0.05, 0) is 39.7 Å². The summed E-state index contributed by atoms with van der Waals surface area (Å²) in [6.45, 7) is 0. The summed E-state index contributed by atoms with van der Waals surface area (Å²) in [5.74, 6) is 1.76. The van der Waals surface area contributed by atoms with Crippen molar-refractivity contribution in [1.29, 1.82) is 0 Å². The fourth-order valence-corrected chi connectivity index (χ4v) is 7.79. The van der Waals surface area contributed by atoms with Gasteiger partial charge in [-0.3, -0.25) is 4.57 Å². The van der Waals surface area contributed by atoms with Gasteiger partial charge in [-0.1, -0.05) is 140 Å². The number of fused-ring (bicyclic) bond motifs is 12. The zero-order valence-electron chi connectivity index (χ0n) is 26.7. The molecule has 0 aliphatic heterocycles. The molecule has 0 atom stereocenters. The number of benzene rings is 8. The Kier molecular flexibility index (Phi) is 5.60. The lowest BCUT2D eigenvalue weighted by atomic mass is 9.99. The maximum absolute atomic E-state index is 6.57. The van der Waals surface area contributed by atoms with Crippen LogP contribution >= 0.6 is 0 Å². The van der Waals surface area contributed by atoms with E-state index in [-0.39, 0.29) is 0 Å². The van der Waals surface area contributed by atoms with E-state index in [9.17, 15) is 0 Å². The smallest absolute Gasteiger partial charge is 0.238 e. The van der Waals surface area contributed by atoms with Crippen molar-refractivity contribution in [3.63, 3.8) is 0 Å². The third-order valence-corrected chi connectivity index (χ3v) is 10.0. The molecule has 0 amide bonds. The van der Waals surface area contributed by atoms with Gasteiger partial charge in [-0.25, -0.2) is 4.98 Å². The van der Waals surface area contributed by atoms with E-state index in [1.807, 2.05) is 30.3 Å². The Labute approximate surface area is 285 Å². The molecule has 11 rings (SSSR count). The van der Waals surface area contributed by atoms with Crippen LogP contribution in [0.4, 0.5) is 0 Å². The molecule has 3 heterocycles. The number of furan rings is 1. The van der Waals surface area contributed by atoms with Crippen molar-refractivity contribution in [2.75, 3.05) is 0 Å². The van der Waals surface area contributed by atoms with Crippen LogP contribution < -0.4 is 0 Å². The second-order valence-electron chi connectivity index (χ2n) is 12.8. The summed E-state index contributed by atoms with van der Waals surface area (Å²) in [4.78, 5) is 15.9. The number of hydrogen-bond donors (Lipinski definition) is 0. The van der Waals surface area contributed by atoms with E-state index in [0.29, 0.717) is 17.6 Å². The van der Waals surface area contributed by atoms with Crippen molar-refractivity contribution in [3.8, 4) is 28.7 Å². The first-order valence-electron chi connectivity index (χ1n) is 16.8. The normalized spacial score (nSPS) is 12.0. The zero-order valence-corrected chi connectivity index (χ0v) is 26.7. The van der Waals surface area contributed by atoms with Crippen molar-refractivity contribution in [1.82, 2.24) is 19.5 Å². The zero-order chi connectivity index (χ0) is 32.8. The van der Waals surface area contributed by atoms with Crippen LogP contribution in [0.3, 0.4) is 0 Å². The third-order valence-electron chi connectivity index (χ3n) is 10.0. The molecular formula is C45H26N4O. The lowest BCUT2D eigenvalue weighted by molar-refractivity contribution is 0.672. The van der Waals surface area contributed by atoms with E-state index >= 15 is 0 Å². The number of nitrogens with zero attached hydrogens (tertiary/aromatic N) is 4. The molecule has 3 aromatic heterocycles. The number of aromatic nitrogens is 4. The number of rotatable bonds is 3. The third kappa shape index (κ3) is 3.86. The first kappa shape index (κ1) is 27.1. The highest BCUT2D eigenvalue weighted by molar-refractivity contribution is 6.26. The van der Waals surface area contributed by atoms with E-state index in [2.05, 4.69) is 132 Å². The number of hydrogen-bond acceptors (Lipinski definition) is 4. The van der Waals surface area contributed by atoms with Gasteiger partial charge in [0.1, 0.15) is 11.2 Å². The van der Waals surface area contributed by atoms with Gasteiger partial charge in [0, 0.05) is 43.4 Å². The van der Waals surface area contributed by atoms with E-state index in [4.69, 9.17) is 19.4 Å². The summed E-state index contributed by atoms with van der Waals surface area (Å²) in [7, 11) is 0. The fraction of sp³-hybridized carbons (Fsp3) is 0. The molecule has 8 aromatic carbocycles. The van der Waals surface area contributed by atoms with Gasteiger partial charge in [-0.2, -0.15) is 9.97 Å². The molecule has 0 aliphatic rings. The average molecular weight is 639 g/mol. The number of para-hydroxylation sites is 1. The second-order valence-corrected chi connectivity index (χ2v) is 12.8. The van der Waals surface area contributed by atoms with E-state index in [1.54, 1.807) is 0 Å². The van der Waals surface area contributed by atoms with Crippen LogP contribution in [0.15, 0.2) is 162 Å². The fourth-order valence-electron chi connectivity index (χ4n) is 7.79. The van der Waals surface area contributed by atoms with Gasteiger partial charge in [0.15, 0.2) is 11.6 Å². The summed E-state index contributed by atoms with van der Waals surface area (Å²) in [5, 5.41) is 11.2. The van der Waals surface area contributed by atoms with Crippen molar-refractivity contribution in [2.24, 2.45) is 0 Å². The Balaban J connectivity index is 1.32. The summed E-state index contributed by atoms with van der Waals surface area (Å²) >= 11 is 0. The molecule has 11 aromatic rings. The largest absolute Gasteiger partial charge is 0.455 e. The minimum atomic E-state index is 0.564. The lowest BCUT2D eigenvalue weighted by Gasteiger charge is -2.13. The quantitative estimate of drug-likeness (QED) is 0.193. The van der Waals surface area contributed by atoms with E-state index < -0.39 is 0 Å². The van der Waals surface area contributed by atoms with Crippen molar-refractivity contribution >= 4 is 76.1 Å². The maximum atomic E-state index is 6.57. The van der Waals surface area contributed by atoms with Crippen molar-refractivity contribution in [3.05, 3.63) is 158 Å². The summed E-state index contributed by atoms with van der Waals surface area (Å²) in [6.07, 6.45) is 0. The van der Waals surface area contributed by atoms with Crippen LogP contribution in [0.5, 0.6) is 0 Å². The molecule has 0 unspecified atom stereocenters. The highest BCUT2D eigenvalue weighted by Gasteiger charge is 2.23. The molecule has 0 saturated heterocycles. The molecule has 0 saturated carbocycles. The van der Waals surface area contributed by atoms with Crippen LogP contribution in [0.25, 0.3) is 105 Å². The molecule has 0 radical (unpaired) electrons. The molecule has 50 heavy (non-hydrogen) atoms. The predicted octanol–water partition coefficient (Wildman–Crippen LogP) is 11.7. The van der Waals surface area contributed by atoms with Crippen molar-refractivity contribution in [2.45, 2.75) is 0 Å². The van der Waals surface area contributed by atoms with Crippen LogP contribution in [0, 0.1) is 0 Å². The van der Waals surface area contributed by atoms with Crippen LogP contribution in [-0.2, 0) is 0 Å².